The summed E-state index contributed by atoms with van der Waals surface area (Å²) in [6.07, 6.45) is 0.0180. The first kappa shape index (κ1) is 9.93. The van der Waals surface area contributed by atoms with Gasteiger partial charge in [-0.25, -0.2) is 4.39 Å². The molecule has 0 bridgehead atoms. The lowest BCUT2D eigenvalue weighted by Gasteiger charge is -2.04. The zero-order valence-corrected chi connectivity index (χ0v) is 8.42. The SMILES string of the molecule is FCCc1c(Cl)ccc(Br)c1F. The van der Waals surface area contributed by atoms with E-state index in [0.29, 0.717) is 4.47 Å². The summed E-state index contributed by atoms with van der Waals surface area (Å²) in [5.41, 5.74) is 0.230. The zero-order valence-electron chi connectivity index (χ0n) is 6.08. The van der Waals surface area contributed by atoms with E-state index in [4.69, 9.17) is 11.6 Å². The number of hydrogen-bond acceptors (Lipinski definition) is 0. The Morgan fingerprint density at radius 3 is 2.67 bits per heavy atom. The van der Waals surface area contributed by atoms with Gasteiger partial charge in [0.15, 0.2) is 0 Å². The van der Waals surface area contributed by atoms with Crippen LogP contribution < -0.4 is 0 Å². The van der Waals surface area contributed by atoms with Gasteiger partial charge < -0.3 is 0 Å². The van der Waals surface area contributed by atoms with Gasteiger partial charge in [0.1, 0.15) is 5.82 Å². The van der Waals surface area contributed by atoms with Crippen molar-refractivity contribution in [3.63, 3.8) is 0 Å². The topological polar surface area (TPSA) is 0 Å². The Bertz CT molecular complexity index is 289. The van der Waals surface area contributed by atoms with Gasteiger partial charge in [0.2, 0.25) is 0 Å². The van der Waals surface area contributed by atoms with Crippen molar-refractivity contribution in [2.24, 2.45) is 0 Å². The number of alkyl halides is 1. The highest BCUT2D eigenvalue weighted by Gasteiger charge is 2.09. The van der Waals surface area contributed by atoms with Gasteiger partial charge in [-0.2, -0.15) is 0 Å². The lowest BCUT2D eigenvalue weighted by atomic mass is 10.1. The highest BCUT2D eigenvalue weighted by molar-refractivity contribution is 9.10. The minimum absolute atomic E-state index is 0.0180. The van der Waals surface area contributed by atoms with Gasteiger partial charge in [-0.15, -0.1) is 0 Å². The molecule has 0 heterocycles. The Labute approximate surface area is 82.7 Å². The number of benzene rings is 1. The second kappa shape index (κ2) is 4.19. The maximum absolute atomic E-state index is 13.2. The molecule has 0 radical (unpaired) electrons. The van der Waals surface area contributed by atoms with Gasteiger partial charge in [-0.05, 0) is 28.1 Å². The van der Waals surface area contributed by atoms with Crippen molar-refractivity contribution >= 4 is 27.5 Å². The van der Waals surface area contributed by atoms with Crippen molar-refractivity contribution in [3.8, 4) is 0 Å². The van der Waals surface area contributed by atoms with E-state index in [-0.39, 0.29) is 17.0 Å². The van der Waals surface area contributed by atoms with E-state index in [1.54, 1.807) is 6.07 Å². The van der Waals surface area contributed by atoms with Crippen molar-refractivity contribution < 1.29 is 8.78 Å². The average Bonchev–Trinajstić information content (AvgIpc) is 2.06. The van der Waals surface area contributed by atoms with E-state index in [1.165, 1.54) is 6.07 Å². The Morgan fingerprint density at radius 2 is 2.08 bits per heavy atom. The van der Waals surface area contributed by atoms with Crippen LogP contribution in [0.1, 0.15) is 5.56 Å². The van der Waals surface area contributed by atoms with Crippen molar-refractivity contribution in [2.75, 3.05) is 6.67 Å². The zero-order chi connectivity index (χ0) is 9.14. The molecule has 0 aliphatic rings. The Kier molecular flexibility index (Phi) is 3.47. The second-order valence-corrected chi connectivity index (χ2v) is 3.52. The van der Waals surface area contributed by atoms with Crippen LogP contribution in [0.25, 0.3) is 0 Å². The Morgan fingerprint density at radius 1 is 1.42 bits per heavy atom. The fourth-order valence-electron chi connectivity index (χ4n) is 0.893. The van der Waals surface area contributed by atoms with Crippen molar-refractivity contribution in [1.29, 1.82) is 0 Å². The number of rotatable bonds is 2. The molecular weight excluding hydrogens is 249 g/mol. The average molecular weight is 255 g/mol. The van der Waals surface area contributed by atoms with Gasteiger partial charge in [-0.1, -0.05) is 11.6 Å². The molecule has 1 aromatic carbocycles. The third kappa shape index (κ3) is 1.96. The summed E-state index contributed by atoms with van der Waals surface area (Å²) in [7, 11) is 0. The van der Waals surface area contributed by atoms with E-state index < -0.39 is 12.5 Å². The fourth-order valence-corrected chi connectivity index (χ4v) is 1.50. The second-order valence-electron chi connectivity index (χ2n) is 2.26. The van der Waals surface area contributed by atoms with Crippen LogP contribution in [-0.4, -0.2) is 6.67 Å². The van der Waals surface area contributed by atoms with Crippen LogP contribution >= 0.6 is 27.5 Å². The molecule has 0 atom stereocenters. The molecule has 0 aliphatic carbocycles. The molecule has 0 spiro atoms. The van der Waals surface area contributed by atoms with E-state index >= 15 is 0 Å². The highest BCUT2D eigenvalue weighted by Crippen LogP contribution is 2.26. The van der Waals surface area contributed by atoms with Crippen LogP contribution in [0.2, 0.25) is 5.02 Å². The maximum Gasteiger partial charge on any atom is 0.142 e. The van der Waals surface area contributed by atoms with Crippen LogP contribution in [0.4, 0.5) is 8.78 Å². The molecule has 0 unspecified atom stereocenters. The summed E-state index contributed by atoms with van der Waals surface area (Å²) < 4.78 is 25.4. The summed E-state index contributed by atoms with van der Waals surface area (Å²) in [6.45, 7) is -0.604. The largest absolute Gasteiger partial charge is 0.251 e. The quantitative estimate of drug-likeness (QED) is 0.706. The molecule has 0 N–H and O–H groups in total. The smallest absolute Gasteiger partial charge is 0.142 e. The minimum Gasteiger partial charge on any atom is -0.251 e. The normalized spacial score (nSPS) is 10.3. The van der Waals surface area contributed by atoms with Crippen LogP contribution in [0.5, 0.6) is 0 Å². The molecule has 0 saturated carbocycles. The van der Waals surface area contributed by atoms with Crippen molar-refractivity contribution in [3.05, 3.63) is 33.0 Å². The molecule has 0 aromatic heterocycles. The van der Waals surface area contributed by atoms with Crippen LogP contribution in [-0.2, 0) is 6.42 Å². The molecule has 1 aromatic rings. The molecule has 4 heteroatoms. The van der Waals surface area contributed by atoms with Gasteiger partial charge in [0, 0.05) is 17.0 Å². The summed E-state index contributed by atoms with van der Waals surface area (Å²) in [6, 6.07) is 3.04. The monoisotopic (exact) mass is 254 g/mol. The first-order valence-corrected chi connectivity index (χ1v) is 4.52. The first-order valence-electron chi connectivity index (χ1n) is 3.35. The molecule has 1 rings (SSSR count). The summed E-state index contributed by atoms with van der Waals surface area (Å²) in [5.74, 6) is -0.472. The Balaban J connectivity index is 3.14. The molecule has 0 aliphatic heterocycles. The summed E-state index contributed by atoms with van der Waals surface area (Å²) in [4.78, 5) is 0. The molecule has 0 fully saturated rings. The molecule has 66 valence electrons. The van der Waals surface area contributed by atoms with E-state index in [2.05, 4.69) is 15.9 Å². The van der Waals surface area contributed by atoms with Gasteiger partial charge in [-0.3, -0.25) is 4.39 Å². The molecule has 0 amide bonds. The lowest BCUT2D eigenvalue weighted by Crippen LogP contribution is -1.94. The third-order valence-electron chi connectivity index (χ3n) is 1.48. The van der Waals surface area contributed by atoms with Gasteiger partial charge in [0.05, 0.1) is 11.1 Å². The minimum atomic E-state index is -0.604. The van der Waals surface area contributed by atoms with E-state index in [1.807, 2.05) is 0 Å². The summed E-state index contributed by atoms with van der Waals surface area (Å²) >= 11 is 8.65. The molecule has 12 heavy (non-hydrogen) atoms. The third-order valence-corrected chi connectivity index (χ3v) is 2.45. The highest BCUT2D eigenvalue weighted by atomic mass is 79.9. The number of halogens is 4. The van der Waals surface area contributed by atoms with Crippen LogP contribution in [0.3, 0.4) is 0 Å². The van der Waals surface area contributed by atoms with Crippen molar-refractivity contribution in [2.45, 2.75) is 6.42 Å². The van der Waals surface area contributed by atoms with E-state index in [9.17, 15) is 8.78 Å². The first-order chi connectivity index (χ1) is 5.66. The maximum atomic E-state index is 13.2. The predicted molar refractivity (Wildman–Crippen MR) is 48.8 cm³/mol. The standard InChI is InChI=1S/C8H6BrClF2/c9-6-1-2-7(10)5(3-4-11)8(6)12/h1-2H,3-4H2. The Hall–Kier alpha value is -0.150. The van der Waals surface area contributed by atoms with Crippen LogP contribution in [0, 0.1) is 5.82 Å². The van der Waals surface area contributed by atoms with Crippen LogP contribution in [0.15, 0.2) is 16.6 Å². The predicted octanol–water partition coefficient (Wildman–Crippen LogP) is 3.75. The molecular formula is C8H6BrClF2. The number of hydrogen-bond donors (Lipinski definition) is 0. The van der Waals surface area contributed by atoms with Crippen molar-refractivity contribution in [1.82, 2.24) is 0 Å². The summed E-state index contributed by atoms with van der Waals surface area (Å²) in [5, 5.41) is 0.272. The van der Waals surface area contributed by atoms with E-state index in [0.717, 1.165) is 0 Å². The van der Waals surface area contributed by atoms with Gasteiger partial charge in [0.25, 0.3) is 0 Å². The van der Waals surface area contributed by atoms with Gasteiger partial charge >= 0.3 is 0 Å². The molecule has 0 saturated heterocycles. The fraction of sp³-hybridized carbons (Fsp3) is 0.250. The molecule has 0 nitrogen and oxygen atoms in total. The lowest BCUT2D eigenvalue weighted by molar-refractivity contribution is 0.485.